The topological polar surface area (TPSA) is 57.1 Å². The lowest BCUT2D eigenvalue weighted by Crippen LogP contribution is -2.47. The first-order chi connectivity index (χ1) is 11.5. The number of ether oxygens (including phenoxy) is 1. The van der Waals surface area contributed by atoms with Crippen molar-refractivity contribution in [3.8, 4) is 5.75 Å². The van der Waals surface area contributed by atoms with E-state index in [9.17, 15) is 5.11 Å². The van der Waals surface area contributed by atoms with Gasteiger partial charge in [0.25, 0.3) is 0 Å². The standard InChI is InChI=1S/C19H31N3O2.HI/c1-5-20-19(22-9-7-17(8-10-22)24-6-2)21-13-16-11-14(3)18(23)15(4)12-16;/h11-12,17,23H,5-10,13H2,1-4H3,(H,20,21);1H. The Kier molecular flexibility index (Phi) is 9.56. The first kappa shape index (κ1) is 22.0. The van der Waals surface area contributed by atoms with E-state index in [4.69, 9.17) is 9.73 Å². The van der Waals surface area contributed by atoms with Crippen molar-refractivity contribution in [1.82, 2.24) is 10.2 Å². The summed E-state index contributed by atoms with van der Waals surface area (Å²) in [5.41, 5.74) is 2.94. The van der Waals surface area contributed by atoms with Gasteiger partial charge in [-0.1, -0.05) is 12.1 Å². The van der Waals surface area contributed by atoms with Gasteiger partial charge in [-0.2, -0.15) is 0 Å². The predicted octanol–water partition coefficient (Wildman–Crippen LogP) is 3.59. The molecule has 1 aromatic rings. The SMILES string of the molecule is CCNC(=NCc1cc(C)c(O)c(C)c1)N1CCC(OCC)CC1.I. The molecule has 1 fully saturated rings. The average Bonchev–Trinajstić information content (AvgIpc) is 2.57. The Balaban J connectivity index is 0.00000312. The number of nitrogens with zero attached hydrogens (tertiary/aromatic N) is 2. The second kappa shape index (κ2) is 10.9. The molecule has 1 heterocycles. The number of aromatic hydroxyl groups is 1. The monoisotopic (exact) mass is 461 g/mol. The van der Waals surface area contributed by atoms with Crippen molar-refractivity contribution in [2.45, 2.75) is 53.2 Å². The average molecular weight is 461 g/mol. The maximum absolute atomic E-state index is 9.90. The van der Waals surface area contributed by atoms with Crippen molar-refractivity contribution < 1.29 is 9.84 Å². The lowest BCUT2D eigenvalue weighted by atomic mass is 10.1. The molecule has 6 heteroatoms. The minimum absolute atomic E-state index is 0. The highest BCUT2D eigenvalue weighted by atomic mass is 127. The van der Waals surface area contributed by atoms with Crippen molar-refractivity contribution in [2.24, 2.45) is 4.99 Å². The fourth-order valence-corrected chi connectivity index (χ4v) is 3.20. The minimum Gasteiger partial charge on any atom is -0.507 e. The molecular weight excluding hydrogens is 429 g/mol. The van der Waals surface area contributed by atoms with Gasteiger partial charge >= 0.3 is 0 Å². The number of hydrogen-bond donors (Lipinski definition) is 2. The van der Waals surface area contributed by atoms with Crippen molar-refractivity contribution >= 4 is 29.9 Å². The molecule has 2 rings (SSSR count). The molecule has 1 saturated heterocycles. The molecular formula is C19H32IN3O2. The summed E-state index contributed by atoms with van der Waals surface area (Å²) in [4.78, 5) is 7.12. The van der Waals surface area contributed by atoms with Gasteiger partial charge in [-0.25, -0.2) is 4.99 Å². The van der Waals surface area contributed by atoms with Crippen LogP contribution in [0, 0.1) is 13.8 Å². The normalized spacial score (nSPS) is 15.8. The van der Waals surface area contributed by atoms with E-state index in [0.29, 0.717) is 18.4 Å². The van der Waals surface area contributed by atoms with Gasteiger partial charge in [0.15, 0.2) is 5.96 Å². The molecule has 25 heavy (non-hydrogen) atoms. The quantitative estimate of drug-likeness (QED) is 0.400. The van der Waals surface area contributed by atoms with Crippen LogP contribution in [-0.4, -0.2) is 48.3 Å². The Morgan fingerprint density at radius 3 is 2.36 bits per heavy atom. The summed E-state index contributed by atoms with van der Waals surface area (Å²) in [7, 11) is 0. The van der Waals surface area contributed by atoms with Crippen LogP contribution < -0.4 is 5.32 Å². The molecule has 0 aromatic heterocycles. The zero-order chi connectivity index (χ0) is 17.5. The summed E-state index contributed by atoms with van der Waals surface area (Å²) in [6.45, 7) is 12.2. The molecule has 0 aliphatic carbocycles. The Bertz CT molecular complexity index is 547. The Labute approximate surface area is 168 Å². The lowest BCUT2D eigenvalue weighted by molar-refractivity contribution is 0.0263. The number of phenolic OH excluding ortho intramolecular Hbond substituents is 1. The molecule has 0 unspecified atom stereocenters. The third-order valence-corrected chi connectivity index (χ3v) is 4.44. The second-order valence-electron chi connectivity index (χ2n) is 6.39. The molecule has 0 atom stereocenters. The van der Waals surface area contributed by atoms with Crippen LogP contribution in [0.5, 0.6) is 5.75 Å². The first-order valence-electron chi connectivity index (χ1n) is 8.99. The molecule has 1 aliphatic heterocycles. The van der Waals surface area contributed by atoms with Gasteiger partial charge in [-0.05, 0) is 57.2 Å². The van der Waals surface area contributed by atoms with E-state index in [0.717, 1.165) is 61.7 Å². The van der Waals surface area contributed by atoms with Gasteiger partial charge in [0.2, 0.25) is 0 Å². The van der Waals surface area contributed by atoms with E-state index in [1.807, 2.05) is 26.0 Å². The van der Waals surface area contributed by atoms with Crippen molar-refractivity contribution in [3.05, 3.63) is 28.8 Å². The van der Waals surface area contributed by atoms with E-state index in [1.165, 1.54) is 0 Å². The van der Waals surface area contributed by atoms with Crippen LogP contribution in [0.25, 0.3) is 0 Å². The summed E-state index contributed by atoms with van der Waals surface area (Å²) < 4.78 is 5.73. The van der Waals surface area contributed by atoms with Gasteiger partial charge < -0.3 is 20.1 Å². The Morgan fingerprint density at radius 2 is 1.84 bits per heavy atom. The number of aryl methyl sites for hydroxylation is 2. The summed E-state index contributed by atoms with van der Waals surface area (Å²) in [6, 6.07) is 4.02. The van der Waals surface area contributed by atoms with E-state index < -0.39 is 0 Å². The smallest absolute Gasteiger partial charge is 0.194 e. The van der Waals surface area contributed by atoms with Crippen LogP contribution in [0.2, 0.25) is 0 Å². The highest BCUT2D eigenvalue weighted by molar-refractivity contribution is 14.0. The summed E-state index contributed by atoms with van der Waals surface area (Å²) >= 11 is 0. The van der Waals surface area contributed by atoms with Crippen LogP contribution in [0.1, 0.15) is 43.4 Å². The summed E-state index contributed by atoms with van der Waals surface area (Å²) in [6.07, 6.45) is 2.49. The van der Waals surface area contributed by atoms with Crippen LogP contribution >= 0.6 is 24.0 Å². The Morgan fingerprint density at radius 1 is 1.24 bits per heavy atom. The third kappa shape index (κ3) is 6.33. The predicted molar refractivity (Wildman–Crippen MR) is 114 cm³/mol. The Hall–Kier alpha value is -1.02. The van der Waals surface area contributed by atoms with Crippen LogP contribution in [0.3, 0.4) is 0 Å². The van der Waals surface area contributed by atoms with Gasteiger partial charge in [0, 0.05) is 26.2 Å². The summed E-state index contributed by atoms with van der Waals surface area (Å²) in [5, 5.41) is 13.3. The van der Waals surface area contributed by atoms with Crippen LogP contribution in [0.15, 0.2) is 17.1 Å². The minimum atomic E-state index is 0. The van der Waals surface area contributed by atoms with E-state index in [-0.39, 0.29) is 24.0 Å². The number of benzene rings is 1. The van der Waals surface area contributed by atoms with Gasteiger partial charge in [0.1, 0.15) is 5.75 Å². The zero-order valence-corrected chi connectivity index (χ0v) is 18.2. The van der Waals surface area contributed by atoms with Crippen molar-refractivity contribution in [3.63, 3.8) is 0 Å². The van der Waals surface area contributed by atoms with E-state index >= 15 is 0 Å². The third-order valence-electron chi connectivity index (χ3n) is 4.44. The van der Waals surface area contributed by atoms with Crippen LogP contribution in [0.4, 0.5) is 0 Å². The first-order valence-corrected chi connectivity index (χ1v) is 8.99. The van der Waals surface area contributed by atoms with Crippen LogP contribution in [-0.2, 0) is 11.3 Å². The molecule has 0 bridgehead atoms. The molecule has 2 N–H and O–H groups in total. The molecule has 0 radical (unpaired) electrons. The molecule has 0 saturated carbocycles. The number of phenols is 1. The molecule has 1 aliphatic rings. The lowest BCUT2D eigenvalue weighted by Gasteiger charge is -2.34. The highest BCUT2D eigenvalue weighted by Gasteiger charge is 2.21. The van der Waals surface area contributed by atoms with Gasteiger partial charge in [0.05, 0.1) is 12.6 Å². The number of halogens is 1. The number of aliphatic imine (C=N–C) groups is 1. The second-order valence-corrected chi connectivity index (χ2v) is 6.39. The molecule has 1 aromatic carbocycles. The maximum atomic E-state index is 9.90. The molecule has 0 amide bonds. The summed E-state index contributed by atoms with van der Waals surface area (Å²) in [5.74, 6) is 1.35. The van der Waals surface area contributed by atoms with Gasteiger partial charge in [-0.3, -0.25) is 0 Å². The van der Waals surface area contributed by atoms with E-state index in [1.54, 1.807) is 0 Å². The zero-order valence-electron chi connectivity index (χ0n) is 15.8. The largest absolute Gasteiger partial charge is 0.507 e. The van der Waals surface area contributed by atoms with Gasteiger partial charge in [-0.15, -0.1) is 24.0 Å². The fraction of sp³-hybridized carbons (Fsp3) is 0.632. The number of guanidine groups is 1. The molecule has 5 nitrogen and oxygen atoms in total. The maximum Gasteiger partial charge on any atom is 0.194 e. The number of nitrogens with one attached hydrogen (secondary N) is 1. The van der Waals surface area contributed by atoms with E-state index in [2.05, 4.69) is 24.1 Å². The fourth-order valence-electron chi connectivity index (χ4n) is 3.20. The van der Waals surface area contributed by atoms with Crippen molar-refractivity contribution in [1.29, 1.82) is 0 Å². The number of piperidine rings is 1. The molecule has 0 spiro atoms. The van der Waals surface area contributed by atoms with Crippen molar-refractivity contribution in [2.75, 3.05) is 26.2 Å². The molecule has 142 valence electrons. The number of rotatable bonds is 5. The highest BCUT2D eigenvalue weighted by Crippen LogP contribution is 2.23. The number of hydrogen-bond acceptors (Lipinski definition) is 3. The number of likely N-dealkylation sites (tertiary alicyclic amines) is 1.